The number of nitrogens with one attached hydrogen (secondary N) is 1. The SMILES string of the molecule is O=C(O)CCc1ccccc1CNC(=O)C(F)(F)F. The fraction of sp³-hybridized carbons (Fsp3) is 0.333. The smallest absolute Gasteiger partial charge is 0.471 e. The van der Waals surface area contributed by atoms with Crippen LogP contribution in [0.25, 0.3) is 0 Å². The summed E-state index contributed by atoms with van der Waals surface area (Å²) in [6.45, 7) is -0.284. The van der Waals surface area contributed by atoms with E-state index in [1.54, 1.807) is 29.6 Å². The Morgan fingerprint density at radius 1 is 1.16 bits per heavy atom. The molecule has 0 heterocycles. The summed E-state index contributed by atoms with van der Waals surface area (Å²) in [6, 6.07) is 6.44. The molecule has 2 N–H and O–H groups in total. The molecule has 0 aliphatic carbocycles. The first kappa shape index (κ1) is 15.0. The molecular weight excluding hydrogens is 263 g/mol. The van der Waals surface area contributed by atoms with Crippen molar-refractivity contribution >= 4 is 11.9 Å². The summed E-state index contributed by atoms with van der Waals surface area (Å²) in [5.41, 5.74) is 1.08. The van der Waals surface area contributed by atoms with Crippen LogP contribution in [0.1, 0.15) is 17.5 Å². The molecule has 0 spiro atoms. The minimum absolute atomic E-state index is 0.121. The first-order valence-electron chi connectivity index (χ1n) is 5.44. The van der Waals surface area contributed by atoms with Crippen molar-refractivity contribution < 1.29 is 27.9 Å². The lowest BCUT2D eigenvalue weighted by molar-refractivity contribution is -0.173. The Morgan fingerprint density at radius 3 is 2.26 bits per heavy atom. The van der Waals surface area contributed by atoms with E-state index in [1.165, 1.54) is 0 Å². The molecule has 0 atom stereocenters. The third-order valence-electron chi connectivity index (χ3n) is 2.42. The Hall–Kier alpha value is -2.05. The van der Waals surface area contributed by atoms with Gasteiger partial charge in [0, 0.05) is 13.0 Å². The molecule has 0 radical (unpaired) electrons. The Labute approximate surface area is 107 Å². The van der Waals surface area contributed by atoms with Gasteiger partial charge in [-0.25, -0.2) is 0 Å². The molecule has 1 aromatic carbocycles. The van der Waals surface area contributed by atoms with Crippen molar-refractivity contribution in [3.05, 3.63) is 35.4 Å². The molecular formula is C12H12F3NO3. The lowest BCUT2D eigenvalue weighted by atomic mass is 10.0. The van der Waals surface area contributed by atoms with Gasteiger partial charge in [0.15, 0.2) is 0 Å². The second kappa shape index (κ2) is 6.21. The number of alkyl halides is 3. The van der Waals surface area contributed by atoms with Gasteiger partial charge < -0.3 is 10.4 Å². The Balaban J connectivity index is 2.68. The van der Waals surface area contributed by atoms with Gasteiger partial charge in [-0.3, -0.25) is 9.59 Å². The molecule has 0 fully saturated rings. The molecule has 0 saturated carbocycles. The summed E-state index contributed by atoms with van der Waals surface area (Å²) in [5.74, 6) is -3.00. The number of amides is 1. The minimum Gasteiger partial charge on any atom is -0.481 e. The number of carboxylic acid groups (broad SMARTS) is 1. The minimum atomic E-state index is -4.92. The predicted molar refractivity (Wildman–Crippen MR) is 60.3 cm³/mol. The number of aliphatic carboxylic acids is 1. The number of hydrogen-bond donors (Lipinski definition) is 2. The van der Waals surface area contributed by atoms with E-state index in [0.29, 0.717) is 11.1 Å². The van der Waals surface area contributed by atoms with Crippen LogP contribution in [0.3, 0.4) is 0 Å². The predicted octanol–water partition coefficient (Wildman–Crippen LogP) is 1.88. The van der Waals surface area contributed by atoms with E-state index in [2.05, 4.69) is 0 Å². The van der Waals surface area contributed by atoms with Crippen molar-refractivity contribution in [3.8, 4) is 0 Å². The third-order valence-corrected chi connectivity index (χ3v) is 2.42. The summed E-state index contributed by atoms with van der Waals surface area (Å²) in [5, 5.41) is 10.3. The zero-order valence-electron chi connectivity index (χ0n) is 9.83. The molecule has 1 amide bonds. The van der Waals surface area contributed by atoms with Gasteiger partial charge in [0.2, 0.25) is 0 Å². The zero-order valence-corrected chi connectivity index (χ0v) is 9.83. The molecule has 0 aromatic heterocycles. The van der Waals surface area contributed by atoms with Crippen molar-refractivity contribution in [1.82, 2.24) is 5.32 Å². The molecule has 1 rings (SSSR count). The van der Waals surface area contributed by atoms with Crippen LogP contribution in [0.15, 0.2) is 24.3 Å². The Bertz CT molecular complexity index is 472. The first-order chi connectivity index (χ1) is 8.80. The maximum atomic E-state index is 12.0. The van der Waals surface area contributed by atoms with E-state index in [0.717, 1.165) is 0 Å². The molecule has 1 aromatic rings. The van der Waals surface area contributed by atoms with Crippen LogP contribution in [0.2, 0.25) is 0 Å². The monoisotopic (exact) mass is 275 g/mol. The van der Waals surface area contributed by atoms with Gasteiger partial charge in [0.1, 0.15) is 0 Å². The van der Waals surface area contributed by atoms with E-state index in [-0.39, 0.29) is 19.4 Å². The van der Waals surface area contributed by atoms with Crippen LogP contribution in [0, 0.1) is 0 Å². The van der Waals surface area contributed by atoms with Crippen molar-refractivity contribution in [2.45, 2.75) is 25.6 Å². The molecule has 0 bridgehead atoms. The van der Waals surface area contributed by atoms with Gasteiger partial charge in [-0.15, -0.1) is 0 Å². The average Bonchev–Trinajstić information content (AvgIpc) is 2.33. The molecule has 0 aliphatic heterocycles. The largest absolute Gasteiger partial charge is 0.481 e. The molecule has 0 aliphatic rings. The number of benzene rings is 1. The number of halogens is 3. The van der Waals surface area contributed by atoms with Crippen LogP contribution in [-0.4, -0.2) is 23.2 Å². The fourth-order valence-corrected chi connectivity index (χ4v) is 1.49. The van der Waals surface area contributed by atoms with Crippen molar-refractivity contribution in [2.24, 2.45) is 0 Å². The lowest BCUT2D eigenvalue weighted by Crippen LogP contribution is -2.36. The summed E-state index contributed by atoms with van der Waals surface area (Å²) in [4.78, 5) is 21.1. The van der Waals surface area contributed by atoms with Crippen molar-refractivity contribution in [2.75, 3.05) is 0 Å². The molecule has 0 unspecified atom stereocenters. The second-order valence-corrected chi connectivity index (χ2v) is 3.84. The lowest BCUT2D eigenvalue weighted by Gasteiger charge is -2.11. The quantitative estimate of drug-likeness (QED) is 0.862. The number of rotatable bonds is 5. The van der Waals surface area contributed by atoms with Crippen LogP contribution < -0.4 is 5.32 Å². The Kier molecular flexibility index (Phi) is 4.91. The third kappa shape index (κ3) is 4.99. The number of aryl methyl sites for hydroxylation is 1. The van der Waals surface area contributed by atoms with Crippen LogP contribution >= 0.6 is 0 Å². The molecule has 0 saturated heterocycles. The summed E-state index contributed by atoms with van der Waals surface area (Å²) in [7, 11) is 0. The number of carboxylic acids is 1. The maximum absolute atomic E-state index is 12.0. The van der Waals surface area contributed by atoms with Gasteiger partial charge in [0.25, 0.3) is 0 Å². The standard InChI is InChI=1S/C12H12F3NO3/c13-12(14,15)11(19)16-7-9-4-2-1-3-8(9)5-6-10(17)18/h1-4H,5-7H2,(H,16,19)(H,17,18). The number of carbonyl (C=O) groups is 2. The van der Waals surface area contributed by atoms with Crippen LogP contribution in [-0.2, 0) is 22.6 Å². The van der Waals surface area contributed by atoms with Gasteiger partial charge in [-0.1, -0.05) is 24.3 Å². The van der Waals surface area contributed by atoms with E-state index < -0.39 is 18.1 Å². The molecule has 4 nitrogen and oxygen atoms in total. The average molecular weight is 275 g/mol. The van der Waals surface area contributed by atoms with Gasteiger partial charge >= 0.3 is 18.1 Å². The van der Waals surface area contributed by atoms with Gasteiger partial charge in [0.05, 0.1) is 0 Å². The van der Waals surface area contributed by atoms with Crippen molar-refractivity contribution in [1.29, 1.82) is 0 Å². The zero-order chi connectivity index (χ0) is 14.5. The van der Waals surface area contributed by atoms with E-state index in [4.69, 9.17) is 5.11 Å². The molecule has 7 heteroatoms. The van der Waals surface area contributed by atoms with Gasteiger partial charge in [-0.05, 0) is 17.5 Å². The van der Waals surface area contributed by atoms with E-state index in [9.17, 15) is 22.8 Å². The highest BCUT2D eigenvalue weighted by molar-refractivity contribution is 5.81. The van der Waals surface area contributed by atoms with Crippen molar-refractivity contribution in [3.63, 3.8) is 0 Å². The second-order valence-electron chi connectivity index (χ2n) is 3.84. The molecule has 104 valence electrons. The van der Waals surface area contributed by atoms with Crippen LogP contribution in [0.4, 0.5) is 13.2 Å². The van der Waals surface area contributed by atoms with Crippen LogP contribution in [0.5, 0.6) is 0 Å². The maximum Gasteiger partial charge on any atom is 0.471 e. The summed E-state index contributed by atoms with van der Waals surface area (Å²) < 4.78 is 36.0. The summed E-state index contributed by atoms with van der Waals surface area (Å²) in [6.07, 6.45) is -4.84. The van der Waals surface area contributed by atoms with E-state index >= 15 is 0 Å². The fourth-order valence-electron chi connectivity index (χ4n) is 1.49. The summed E-state index contributed by atoms with van der Waals surface area (Å²) >= 11 is 0. The highest BCUT2D eigenvalue weighted by Crippen LogP contribution is 2.16. The molecule has 19 heavy (non-hydrogen) atoms. The van der Waals surface area contributed by atoms with E-state index in [1.807, 2.05) is 0 Å². The topological polar surface area (TPSA) is 66.4 Å². The first-order valence-corrected chi connectivity index (χ1v) is 5.44. The number of hydrogen-bond acceptors (Lipinski definition) is 2. The Morgan fingerprint density at radius 2 is 1.74 bits per heavy atom. The normalized spacial score (nSPS) is 11.1. The van der Waals surface area contributed by atoms with Gasteiger partial charge in [-0.2, -0.15) is 13.2 Å². The highest BCUT2D eigenvalue weighted by atomic mass is 19.4. The number of carbonyl (C=O) groups excluding carboxylic acids is 1. The highest BCUT2D eigenvalue weighted by Gasteiger charge is 2.38.